The maximum Gasteiger partial charge on any atom is 0.220 e. The van der Waals surface area contributed by atoms with Crippen LogP contribution in [0.3, 0.4) is 0 Å². The number of unbranched alkanes of at least 4 members (excludes halogenated alkanes) is 7. The Labute approximate surface area is 296 Å². The number of hydrogen-bond donors (Lipinski definition) is 9. The number of allylic oxidation sites excluding steroid dienone is 5. The van der Waals surface area contributed by atoms with Crippen LogP contribution in [0.15, 0.2) is 36.5 Å². The Morgan fingerprint density at radius 1 is 0.700 bits per heavy atom. The van der Waals surface area contributed by atoms with E-state index in [1.807, 2.05) is 6.08 Å². The lowest BCUT2D eigenvalue weighted by atomic mass is 9.97. The number of aliphatic hydroxyl groups excluding tert-OH is 8. The number of rotatable bonds is 24. The van der Waals surface area contributed by atoms with Crippen LogP contribution < -0.4 is 5.32 Å². The largest absolute Gasteiger partial charge is 0.394 e. The average Bonchev–Trinajstić information content (AvgIpc) is 3.11. The maximum absolute atomic E-state index is 12.8. The molecule has 290 valence electrons. The minimum Gasteiger partial charge on any atom is -0.394 e. The molecular formula is C36H63NO13. The molecule has 1 amide bonds. The highest BCUT2D eigenvalue weighted by atomic mass is 16.7. The molecule has 0 aliphatic carbocycles. The van der Waals surface area contributed by atoms with Crippen molar-refractivity contribution >= 4 is 5.91 Å². The lowest BCUT2D eigenvalue weighted by molar-refractivity contribution is -0.359. The van der Waals surface area contributed by atoms with Gasteiger partial charge < -0.3 is 65.1 Å². The molecule has 50 heavy (non-hydrogen) atoms. The Morgan fingerprint density at radius 3 is 1.90 bits per heavy atom. The molecule has 9 N–H and O–H groups in total. The van der Waals surface area contributed by atoms with E-state index in [4.69, 9.17) is 18.9 Å². The topological polar surface area (TPSA) is 228 Å². The molecule has 0 spiro atoms. The summed E-state index contributed by atoms with van der Waals surface area (Å²) >= 11 is 0. The molecular weight excluding hydrogens is 654 g/mol. The van der Waals surface area contributed by atoms with Crippen molar-refractivity contribution < 1.29 is 64.6 Å². The Bertz CT molecular complexity index is 993. The van der Waals surface area contributed by atoms with Crippen LogP contribution in [0.2, 0.25) is 0 Å². The molecule has 12 unspecified atom stereocenters. The molecule has 0 aromatic carbocycles. The molecule has 0 radical (unpaired) electrons. The van der Waals surface area contributed by atoms with E-state index in [1.54, 1.807) is 6.08 Å². The molecule has 14 nitrogen and oxygen atoms in total. The number of amides is 1. The molecule has 14 heteroatoms. The van der Waals surface area contributed by atoms with E-state index < -0.39 is 86.8 Å². The first-order chi connectivity index (χ1) is 24.1. The number of carbonyl (C=O) groups is 1. The lowest BCUT2D eigenvalue weighted by Crippen LogP contribution is -2.65. The van der Waals surface area contributed by atoms with Gasteiger partial charge in [-0.05, 0) is 38.5 Å². The summed E-state index contributed by atoms with van der Waals surface area (Å²) in [6, 6.07) is -0.927. The minimum atomic E-state index is -1.79. The second-order valence-corrected chi connectivity index (χ2v) is 13.0. The number of nitrogens with one attached hydrogen (secondary N) is 1. The summed E-state index contributed by atoms with van der Waals surface area (Å²) < 4.78 is 22.4. The molecule has 2 aliphatic heterocycles. The Kier molecular flexibility index (Phi) is 22.4. The summed E-state index contributed by atoms with van der Waals surface area (Å²) in [4.78, 5) is 12.8. The van der Waals surface area contributed by atoms with Crippen LogP contribution in [0.1, 0.15) is 90.9 Å². The van der Waals surface area contributed by atoms with Gasteiger partial charge in [0, 0.05) is 6.42 Å². The molecule has 12 atom stereocenters. The van der Waals surface area contributed by atoms with Crippen molar-refractivity contribution in [1.82, 2.24) is 5.32 Å². The van der Waals surface area contributed by atoms with Crippen molar-refractivity contribution in [2.75, 3.05) is 19.8 Å². The maximum atomic E-state index is 12.8. The molecule has 2 aliphatic rings. The van der Waals surface area contributed by atoms with Crippen molar-refractivity contribution in [3.8, 4) is 0 Å². The van der Waals surface area contributed by atoms with Gasteiger partial charge in [-0.15, -0.1) is 0 Å². The predicted molar refractivity (Wildman–Crippen MR) is 184 cm³/mol. The van der Waals surface area contributed by atoms with E-state index in [0.717, 1.165) is 57.8 Å². The van der Waals surface area contributed by atoms with Crippen molar-refractivity contribution in [1.29, 1.82) is 0 Å². The van der Waals surface area contributed by atoms with Gasteiger partial charge in [-0.1, -0.05) is 82.4 Å². The third-order valence-electron chi connectivity index (χ3n) is 8.79. The van der Waals surface area contributed by atoms with E-state index in [-0.39, 0.29) is 18.9 Å². The van der Waals surface area contributed by atoms with Crippen LogP contribution in [0.25, 0.3) is 0 Å². The van der Waals surface area contributed by atoms with Gasteiger partial charge in [0.1, 0.15) is 48.8 Å². The quantitative estimate of drug-likeness (QED) is 0.0500. The average molecular weight is 718 g/mol. The van der Waals surface area contributed by atoms with Crippen molar-refractivity contribution in [2.24, 2.45) is 0 Å². The summed E-state index contributed by atoms with van der Waals surface area (Å²) in [7, 11) is 0. The van der Waals surface area contributed by atoms with Crippen molar-refractivity contribution in [2.45, 2.75) is 164 Å². The summed E-state index contributed by atoms with van der Waals surface area (Å²) in [6.07, 6.45) is 5.61. The van der Waals surface area contributed by atoms with Crippen LogP contribution in [-0.2, 0) is 23.7 Å². The second kappa shape index (κ2) is 25.2. The highest BCUT2D eigenvalue weighted by Gasteiger charge is 2.50. The molecule has 2 heterocycles. The molecule has 2 rings (SSSR count). The summed E-state index contributed by atoms with van der Waals surface area (Å²) in [5, 5.41) is 85.6. The van der Waals surface area contributed by atoms with Gasteiger partial charge in [-0.3, -0.25) is 4.79 Å². The first kappa shape index (κ1) is 44.4. The zero-order valence-electron chi connectivity index (χ0n) is 29.6. The van der Waals surface area contributed by atoms with E-state index in [9.17, 15) is 45.6 Å². The van der Waals surface area contributed by atoms with E-state index in [1.165, 1.54) is 0 Å². The fourth-order valence-electron chi connectivity index (χ4n) is 5.68. The SMILES string of the molecule is CCC/C=C/CC/C=C/CC/C=C/C(O)C(COC1OC(CO)C(OC2OC(CO)C(O)C(O)C2O)C(O)C1O)NC(=O)CCCCCCC. The monoisotopic (exact) mass is 717 g/mol. The molecule has 0 saturated carbocycles. The summed E-state index contributed by atoms with van der Waals surface area (Å²) in [5.41, 5.74) is 0. The second-order valence-electron chi connectivity index (χ2n) is 13.0. The summed E-state index contributed by atoms with van der Waals surface area (Å²) in [5.74, 6) is -0.273. The number of aliphatic hydroxyl groups is 8. The number of ether oxygens (including phenoxy) is 4. The third kappa shape index (κ3) is 15.1. The highest BCUT2D eigenvalue weighted by molar-refractivity contribution is 5.76. The smallest absolute Gasteiger partial charge is 0.220 e. The Morgan fingerprint density at radius 2 is 1.28 bits per heavy atom. The minimum absolute atomic E-state index is 0.264. The molecule has 0 aromatic rings. The van der Waals surface area contributed by atoms with Crippen molar-refractivity contribution in [3.63, 3.8) is 0 Å². The molecule has 2 saturated heterocycles. The predicted octanol–water partition coefficient (Wildman–Crippen LogP) is 0.862. The zero-order chi connectivity index (χ0) is 36.9. The molecule has 0 aromatic heterocycles. The van der Waals surface area contributed by atoms with Gasteiger partial charge >= 0.3 is 0 Å². The van der Waals surface area contributed by atoms with Crippen LogP contribution in [0.4, 0.5) is 0 Å². The Balaban J connectivity index is 2.01. The van der Waals surface area contributed by atoms with Gasteiger partial charge in [-0.2, -0.15) is 0 Å². The first-order valence-corrected chi connectivity index (χ1v) is 18.2. The Hall–Kier alpha value is -1.79. The van der Waals surface area contributed by atoms with Crippen LogP contribution in [-0.4, -0.2) is 140 Å². The van der Waals surface area contributed by atoms with E-state index >= 15 is 0 Å². The van der Waals surface area contributed by atoms with Gasteiger partial charge in [0.05, 0.1) is 32.0 Å². The van der Waals surface area contributed by atoms with Gasteiger partial charge in [0.2, 0.25) is 5.91 Å². The number of hydrogen-bond acceptors (Lipinski definition) is 13. The normalized spacial score (nSPS) is 31.9. The lowest BCUT2D eigenvalue weighted by Gasteiger charge is -2.46. The van der Waals surface area contributed by atoms with Crippen LogP contribution in [0.5, 0.6) is 0 Å². The zero-order valence-corrected chi connectivity index (χ0v) is 29.6. The third-order valence-corrected chi connectivity index (χ3v) is 8.79. The van der Waals surface area contributed by atoms with E-state index in [0.29, 0.717) is 12.8 Å². The number of carbonyl (C=O) groups excluding carboxylic acids is 1. The summed E-state index contributed by atoms with van der Waals surface area (Å²) in [6.45, 7) is 2.51. The van der Waals surface area contributed by atoms with Crippen LogP contribution >= 0.6 is 0 Å². The first-order valence-electron chi connectivity index (χ1n) is 18.2. The van der Waals surface area contributed by atoms with Crippen molar-refractivity contribution in [3.05, 3.63) is 36.5 Å². The molecule has 2 fully saturated rings. The van der Waals surface area contributed by atoms with Gasteiger partial charge in [0.15, 0.2) is 12.6 Å². The highest BCUT2D eigenvalue weighted by Crippen LogP contribution is 2.29. The van der Waals surface area contributed by atoms with E-state index in [2.05, 4.69) is 43.5 Å². The van der Waals surface area contributed by atoms with Crippen LogP contribution in [0, 0.1) is 0 Å². The van der Waals surface area contributed by atoms with Gasteiger partial charge in [0.25, 0.3) is 0 Å². The fraction of sp³-hybridized carbons (Fsp3) is 0.806. The molecule has 0 bridgehead atoms. The van der Waals surface area contributed by atoms with Gasteiger partial charge in [-0.25, -0.2) is 0 Å². The fourth-order valence-corrected chi connectivity index (χ4v) is 5.68. The standard InChI is InChI=1S/C36H63NO13/c1-3-5-7-9-10-11-12-13-14-16-17-19-25(40)24(37-28(41)20-18-15-8-6-4-2)23-47-35-33(46)31(44)34(27(22-39)49-35)50-36-32(45)30(43)29(42)26(21-38)48-36/h7,9,12-13,17,19,24-27,29-36,38-40,42-46H,3-6,8,10-11,14-16,18,20-23H2,1-2H3,(H,37,41)/b9-7+,13-12+,19-17+.